The first-order valence-electron chi connectivity index (χ1n) is 11.1. The van der Waals surface area contributed by atoms with Crippen molar-refractivity contribution in [2.24, 2.45) is 0 Å². The molecular formula is C25H26N4O5S2. The van der Waals surface area contributed by atoms with Gasteiger partial charge in [-0.3, -0.25) is 10.1 Å². The number of carbonyl (C=O) groups excluding carboxylic acids is 1. The number of sulfone groups is 1. The minimum atomic E-state index is -3.59. The van der Waals surface area contributed by atoms with Gasteiger partial charge < -0.3 is 9.47 Å². The Bertz CT molecular complexity index is 1380. The van der Waals surface area contributed by atoms with Crippen LogP contribution in [-0.2, 0) is 14.6 Å². The van der Waals surface area contributed by atoms with Crippen molar-refractivity contribution in [3.63, 3.8) is 0 Å². The number of carbonyl (C=O) groups is 1. The summed E-state index contributed by atoms with van der Waals surface area (Å²) in [7, 11) is -3.59. The number of rotatable bonds is 11. The van der Waals surface area contributed by atoms with Gasteiger partial charge in [-0.25, -0.2) is 8.42 Å². The number of anilines is 1. The van der Waals surface area contributed by atoms with Crippen molar-refractivity contribution in [2.45, 2.75) is 31.3 Å². The maximum Gasteiger partial charge on any atom is 0.268 e. The van der Waals surface area contributed by atoms with E-state index >= 15 is 0 Å². The van der Waals surface area contributed by atoms with E-state index in [-0.39, 0.29) is 15.9 Å². The lowest BCUT2D eigenvalue weighted by Gasteiger charge is -2.15. The molecule has 1 amide bonds. The summed E-state index contributed by atoms with van der Waals surface area (Å²) in [4.78, 5) is 16.2. The maximum absolute atomic E-state index is 12.4. The number of amides is 1. The summed E-state index contributed by atoms with van der Waals surface area (Å²) in [5.41, 5.74) is 1.62. The number of para-hydroxylation sites is 1. The van der Waals surface area contributed by atoms with Crippen molar-refractivity contribution in [2.75, 3.05) is 24.8 Å². The van der Waals surface area contributed by atoms with Crippen molar-refractivity contribution in [1.82, 2.24) is 9.36 Å². The van der Waals surface area contributed by atoms with E-state index in [1.165, 1.54) is 11.6 Å². The molecule has 1 unspecified atom stereocenters. The number of hydrogen-bond donors (Lipinski definition) is 1. The van der Waals surface area contributed by atoms with Gasteiger partial charge >= 0.3 is 0 Å². The lowest BCUT2D eigenvalue weighted by molar-refractivity contribution is -0.112. The van der Waals surface area contributed by atoms with Crippen LogP contribution in [0.1, 0.15) is 37.3 Å². The summed E-state index contributed by atoms with van der Waals surface area (Å²) >= 11 is 0.716. The number of aromatic nitrogens is 2. The monoisotopic (exact) mass is 526 g/mol. The number of nitriles is 1. The van der Waals surface area contributed by atoms with Crippen molar-refractivity contribution in [3.8, 4) is 17.6 Å². The molecule has 0 spiro atoms. The molecule has 36 heavy (non-hydrogen) atoms. The smallest absolute Gasteiger partial charge is 0.268 e. The zero-order valence-electron chi connectivity index (χ0n) is 20.1. The molecule has 0 fully saturated rings. The number of benzene rings is 2. The average molecular weight is 527 g/mol. The number of nitrogens with one attached hydrogen (secondary N) is 1. The Kier molecular flexibility index (Phi) is 9.16. The van der Waals surface area contributed by atoms with E-state index in [1.54, 1.807) is 24.3 Å². The highest BCUT2D eigenvalue weighted by atomic mass is 32.2. The SMILES string of the molecule is CCC(C)c1ccccc1OCCOc1ccc(/C=C(/C#N)C(=O)Nc2nc(S(C)(=O)=O)ns2)cc1. The van der Waals surface area contributed by atoms with Crippen LogP contribution in [0.5, 0.6) is 11.5 Å². The molecule has 2 aromatic carbocycles. The van der Waals surface area contributed by atoms with Crippen molar-refractivity contribution < 1.29 is 22.7 Å². The third-order valence-electron chi connectivity index (χ3n) is 5.19. The van der Waals surface area contributed by atoms with Crippen molar-refractivity contribution in [3.05, 3.63) is 65.2 Å². The van der Waals surface area contributed by atoms with Crippen LogP contribution in [0, 0.1) is 11.3 Å². The Labute approximate surface area is 214 Å². The number of ether oxygens (including phenoxy) is 2. The Morgan fingerprint density at radius 1 is 1.17 bits per heavy atom. The van der Waals surface area contributed by atoms with Crippen LogP contribution < -0.4 is 14.8 Å². The molecule has 1 heterocycles. The fourth-order valence-electron chi connectivity index (χ4n) is 3.10. The molecule has 0 radical (unpaired) electrons. The summed E-state index contributed by atoms with van der Waals surface area (Å²) in [5.74, 6) is 1.17. The summed E-state index contributed by atoms with van der Waals surface area (Å²) in [6.45, 7) is 5.05. The molecule has 9 nitrogen and oxygen atoms in total. The van der Waals surface area contributed by atoms with Crippen LogP contribution in [0.2, 0.25) is 0 Å². The fourth-order valence-corrected chi connectivity index (χ4v) is 4.54. The molecule has 0 aliphatic carbocycles. The molecular weight excluding hydrogens is 500 g/mol. The van der Waals surface area contributed by atoms with Gasteiger partial charge in [0.25, 0.3) is 11.1 Å². The molecule has 1 aromatic heterocycles. The maximum atomic E-state index is 12.4. The Morgan fingerprint density at radius 3 is 2.50 bits per heavy atom. The van der Waals surface area contributed by atoms with Gasteiger partial charge in [0.15, 0.2) is 0 Å². The first kappa shape index (κ1) is 26.8. The van der Waals surface area contributed by atoms with Gasteiger partial charge in [0.2, 0.25) is 15.0 Å². The zero-order valence-corrected chi connectivity index (χ0v) is 21.7. The second kappa shape index (κ2) is 12.3. The Hall–Kier alpha value is -3.75. The number of nitrogens with zero attached hydrogens (tertiary/aromatic N) is 3. The quantitative estimate of drug-likeness (QED) is 0.220. The van der Waals surface area contributed by atoms with Crippen LogP contribution in [-0.4, -0.2) is 43.2 Å². The first-order chi connectivity index (χ1) is 17.2. The molecule has 3 rings (SSSR count). The molecule has 1 atom stereocenters. The summed E-state index contributed by atoms with van der Waals surface area (Å²) in [5, 5.41) is 11.4. The number of hydrogen-bond acceptors (Lipinski definition) is 9. The fraction of sp³-hybridized carbons (Fsp3) is 0.280. The standard InChI is InChI=1S/C25H26N4O5S2/c1-4-17(2)21-7-5-6-8-22(21)34-14-13-33-20-11-9-18(10-12-20)15-19(16-26)23(30)27-24-28-25(29-35-24)36(3,31)32/h5-12,15,17H,4,13-14H2,1-3H3,(H,27,28,29,30)/b19-15-. The Morgan fingerprint density at radius 2 is 1.86 bits per heavy atom. The van der Waals surface area contributed by atoms with Crippen molar-refractivity contribution in [1.29, 1.82) is 5.26 Å². The van der Waals surface area contributed by atoms with Crippen LogP contribution in [0.3, 0.4) is 0 Å². The first-order valence-corrected chi connectivity index (χ1v) is 13.8. The van der Waals surface area contributed by atoms with Gasteiger partial charge in [-0.2, -0.15) is 14.6 Å². The third-order valence-corrected chi connectivity index (χ3v) is 6.78. The topological polar surface area (TPSA) is 131 Å². The minimum absolute atomic E-state index is 0.0145. The zero-order chi connectivity index (χ0) is 26.1. The third kappa shape index (κ3) is 7.37. The average Bonchev–Trinajstić information content (AvgIpc) is 3.35. The van der Waals surface area contributed by atoms with E-state index in [9.17, 15) is 18.5 Å². The highest BCUT2D eigenvalue weighted by molar-refractivity contribution is 7.90. The molecule has 188 valence electrons. The summed E-state index contributed by atoms with van der Waals surface area (Å²) < 4.78 is 38.3. The Balaban J connectivity index is 1.55. The molecule has 3 aromatic rings. The lowest BCUT2D eigenvalue weighted by atomic mass is 9.98. The van der Waals surface area contributed by atoms with E-state index in [1.807, 2.05) is 24.3 Å². The van der Waals surface area contributed by atoms with Gasteiger partial charge in [-0.1, -0.05) is 44.2 Å². The van der Waals surface area contributed by atoms with E-state index in [4.69, 9.17) is 9.47 Å². The van der Waals surface area contributed by atoms with Gasteiger partial charge in [0.05, 0.1) is 0 Å². The molecule has 11 heteroatoms. The molecule has 1 N–H and O–H groups in total. The molecule has 0 saturated carbocycles. The largest absolute Gasteiger partial charge is 0.490 e. The predicted octanol–water partition coefficient (Wildman–Crippen LogP) is 4.46. The van der Waals surface area contributed by atoms with Crippen LogP contribution in [0.25, 0.3) is 6.08 Å². The highest BCUT2D eigenvalue weighted by Crippen LogP contribution is 2.28. The normalized spacial score (nSPS) is 12.4. The van der Waals surface area contributed by atoms with E-state index in [0.717, 1.165) is 18.4 Å². The van der Waals surface area contributed by atoms with Crippen LogP contribution in [0.4, 0.5) is 5.13 Å². The predicted molar refractivity (Wildman–Crippen MR) is 138 cm³/mol. The van der Waals surface area contributed by atoms with Gasteiger partial charge in [-0.15, -0.1) is 0 Å². The second-order valence-electron chi connectivity index (χ2n) is 7.89. The lowest BCUT2D eigenvalue weighted by Crippen LogP contribution is -2.13. The molecule has 0 saturated heterocycles. The summed E-state index contributed by atoms with van der Waals surface area (Å²) in [6, 6.07) is 16.7. The molecule has 0 aliphatic heterocycles. The van der Waals surface area contributed by atoms with E-state index < -0.39 is 15.7 Å². The van der Waals surface area contributed by atoms with Crippen molar-refractivity contribution >= 4 is 38.5 Å². The van der Waals surface area contributed by atoms with Gasteiger partial charge in [-0.05, 0) is 47.7 Å². The molecule has 0 bridgehead atoms. The summed E-state index contributed by atoms with van der Waals surface area (Å²) in [6.07, 6.45) is 3.40. The van der Waals surface area contributed by atoms with E-state index in [2.05, 4.69) is 34.6 Å². The highest BCUT2D eigenvalue weighted by Gasteiger charge is 2.17. The second-order valence-corrected chi connectivity index (χ2v) is 10.6. The van der Waals surface area contributed by atoms with E-state index in [0.29, 0.717) is 42.0 Å². The van der Waals surface area contributed by atoms with Crippen LogP contribution >= 0.6 is 11.5 Å². The molecule has 0 aliphatic rings. The van der Waals surface area contributed by atoms with Gasteiger partial charge in [0, 0.05) is 17.8 Å². The van der Waals surface area contributed by atoms with Crippen LogP contribution in [0.15, 0.2) is 59.3 Å². The minimum Gasteiger partial charge on any atom is -0.490 e. The van der Waals surface area contributed by atoms with Gasteiger partial charge in [0.1, 0.15) is 36.4 Å².